The van der Waals surface area contributed by atoms with Gasteiger partial charge in [0, 0.05) is 19.9 Å². The van der Waals surface area contributed by atoms with Crippen molar-refractivity contribution in [2.45, 2.75) is 44.8 Å². The summed E-state index contributed by atoms with van der Waals surface area (Å²) in [5.41, 5.74) is 1.54. The molecule has 1 aliphatic heterocycles. The fraction of sp³-hybridized carbons (Fsp3) is 0.364. The summed E-state index contributed by atoms with van der Waals surface area (Å²) in [4.78, 5) is 26.9. The van der Waals surface area contributed by atoms with Crippen LogP contribution in [0.5, 0.6) is 0 Å². The lowest BCUT2D eigenvalue weighted by atomic mass is 9.82. The monoisotopic (exact) mass is 351 g/mol. The molecule has 1 saturated heterocycles. The van der Waals surface area contributed by atoms with E-state index < -0.39 is 17.6 Å². The van der Waals surface area contributed by atoms with E-state index in [9.17, 15) is 9.59 Å². The second kappa shape index (κ2) is 7.32. The van der Waals surface area contributed by atoms with Crippen LogP contribution in [0.1, 0.15) is 44.2 Å². The van der Waals surface area contributed by atoms with Crippen molar-refractivity contribution >= 4 is 11.9 Å². The highest BCUT2D eigenvalue weighted by atomic mass is 16.5. The number of carbonyl (C=O) groups is 2. The molecule has 2 aromatic carbocycles. The number of nitrogens with zero attached hydrogens (tertiary/aromatic N) is 1. The molecule has 0 bridgehead atoms. The summed E-state index contributed by atoms with van der Waals surface area (Å²) in [6, 6.07) is 19.6. The number of piperidine rings is 1. The van der Waals surface area contributed by atoms with Gasteiger partial charge in [0.2, 0.25) is 5.91 Å². The van der Waals surface area contributed by atoms with E-state index in [4.69, 9.17) is 4.74 Å². The molecule has 4 nitrogen and oxygen atoms in total. The lowest BCUT2D eigenvalue weighted by Gasteiger charge is -2.46. The van der Waals surface area contributed by atoms with E-state index in [1.165, 1.54) is 6.92 Å². The lowest BCUT2D eigenvalue weighted by Crippen LogP contribution is -2.54. The maximum atomic E-state index is 13.5. The Morgan fingerprint density at radius 3 is 2.19 bits per heavy atom. The molecule has 136 valence electrons. The predicted octanol–water partition coefficient (Wildman–Crippen LogP) is 3.87. The Labute approximate surface area is 154 Å². The minimum Gasteiger partial charge on any atom is -0.461 e. The second-order valence-electron chi connectivity index (χ2n) is 7.24. The summed E-state index contributed by atoms with van der Waals surface area (Å²) < 4.78 is 5.51. The minimum absolute atomic E-state index is 0.00236. The molecule has 26 heavy (non-hydrogen) atoms. The van der Waals surface area contributed by atoms with Crippen LogP contribution in [-0.2, 0) is 19.9 Å². The van der Waals surface area contributed by atoms with Crippen LogP contribution in [0.4, 0.5) is 0 Å². The van der Waals surface area contributed by atoms with Gasteiger partial charge in [-0.05, 0) is 25.0 Å². The maximum absolute atomic E-state index is 13.5. The maximum Gasteiger partial charge on any atom is 0.302 e. The number of hydrogen-bond acceptors (Lipinski definition) is 3. The normalized spacial score (nSPS) is 20.7. The molecule has 0 spiro atoms. The van der Waals surface area contributed by atoms with E-state index in [1.807, 2.05) is 65.6 Å². The van der Waals surface area contributed by atoms with Crippen LogP contribution in [0.25, 0.3) is 0 Å². The van der Waals surface area contributed by atoms with Crippen LogP contribution < -0.4 is 0 Å². The zero-order valence-corrected chi connectivity index (χ0v) is 15.5. The quantitative estimate of drug-likeness (QED) is 0.786. The van der Waals surface area contributed by atoms with Gasteiger partial charge in [-0.2, -0.15) is 0 Å². The molecular formula is C22H25NO3. The third-order valence-electron chi connectivity index (χ3n) is 5.17. The van der Waals surface area contributed by atoms with E-state index in [2.05, 4.69) is 13.8 Å². The highest BCUT2D eigenvalue weighted by Gasteiger charge is 2.44. The Morgan fingerprint density at radius 2 is 1.62 bits per heavy atom. The van der Waals surface area contributed by atoms with E-state index in [-0.39, 0.29) is 11.9 Å². The van der Waals surface area contributed by atoms with E-state index >= 15 is 0 Å². The molecule has 2 unspecified atom stereocenters. The van der Waals surface area contributed by atoms with E-state index in [1.54, 1.807) is 0 Å². The molecule has 1 heterocycles. The van der Waals surface area contributed by atoms with Crippen LogP contribution >= 0.6 is 0 Å². The van der Waals surface area contributed by atoms with Gasteiger partial charge < -0.3 is 9.64 Å². The van der Waals surface area contributed by atoms with Crippen LogP contribution in [0.2, 0.25) is 0 Å². The zero-order valence-electron chi connectivity index (χ0n) is 15.5. The molecule has 3 rings (SSSR count). The number of amides is 1. The van der Waals surface area contributed by atoms with Crippen molar-refractivity contribution in [3.8, 4) is 0 Å². The third-order valence-corrected chi connectivity index (χ3v) is 5.17. The Balaban J connectivity index is 1.96. The highest BCUT2D eigenvalue weighted by Crippen LogP contribution is 2.37. The van der Waals surface area contributed by atoms with Crippen LogP contribution in [0.3, 0.4) is 0 Å². The van der Waals surface area contributed by atoms with Gasteiger partial charge >= 0.3 is 5.97 Å². The fourth-order valence-electron chi connectivity index (χ4n) is 3.77. The Morgan fingerprint density at radius 1 is 1.04 bits per heavy atom. The Kier molecular flexibility index (Phi) is 5.12. The van der Waals surface area contributed by atoms with Gasteiger partial charge in [-0.25, -0.2) is 0 Å². The first-order chi connectivity index (χ1) is 12.4. The fourth-order valence-corrected chi connectivity index (χ4v) is 3.77. The average Bonchev–Trinajstić information content (AvgIpc) is 2.63. The molecule has 0 radical (unpaired) electrons. The Bertz CT molecular complexity index is 770. The zero-order chi connectivity index (χ0) is 18.7. The van der Waals surface area contributed by atoms with E-state index in [0.29, 0.717) is 13.0 Å². The average molecular weight is 351 g/mol. The van der Waals surface area contributed by atoms with Gasteiger partial charge in [0.1, 0.15) is 12.0 Å². The largest absolute Gasteiger partial charge is 0.461 e. The van der Waals surface area contributed by atoms with Crippen LogP contribution in [0.15, 0.2) is 60.7 Å². The topological polar surface area (TPSA) is 46.6 Å². The summed E-state index contributed by atoms with van der Waals surface area (Å²) in [6.45, 7) is 6.08. The van der Waals surface area contributed by atoms with Crippen LogP contribution in [-0.4, -0.2) is 29.4 Å². The molecule has 0 N–H and O–H groups in total. The second-order valence-corrected chi connectivity index (χ2v) is 7.24. The van der Waals surface area contributed by atoms with E-state index in [0.717, 1.165) is 11.1 Å². The smallest absolute Gasteiger partial charge is 0.302 e. The SMILES string of the molecule is CC(=O)OC1CCN(C(C)(C)c2ccccc2)C(=O)C1c1ccccc1. The number of esters is 1. The minimum atomic E-state index is -0.475. The van der Waals surface area contributed by atoms with Crippen molar-refractivity contribution in [1.82, 2.24) is 4.90 Å². The van der Waals surface area contributed by atoms with Crippen molar-refractivity contribution in [2.75, 3.05) is 6.54 Å². The first-order valence-electron chi connectivity index (χ1n) is 9.00. The number of likely N-dealkylation sites (tertiary alicyclic amines) is 1. The summed E-state index contributed by atoms with van der Waals surface area (Å²) in [6.07, 6.45) is 0.200. The molecule has 1 aliphatic rings. The highest BCUT2D eigenvalue weighted by molar-refractivity contribution is 5.86. The number of benzene rings is 2. The number of ether oxygens (including phenoxy) is 1. The predicted molar refractivity (Wildman–Crippen MR) is 101 cm³/mol. The van der Waals surface area contributed by atoms with Gasteiger partial charge in [-0.1, -0.05) is 60.7 Å². The molecular weight excluding hydrogens is 326 g/mol. The number of carbonyl (C=O) groups excluding carboxylic acids is 2. The molecule has 1 amide bonds. The first-order valence-corrected chi connectivity index (χ1v) is 9.00. The van der Waals surface area contributed by atoms with Gasteiger partial charge in [-0.15, -0.1) is 0 Å². The van der Waals surface area contributed by atoms with Crippen LogP contribution in [0, 0.1) is 0 Å². The number of hydrogen-bond donors (Lipinski definition) is 0. The molecule has 0 aliphatic carbocycles. The van der Waals surface area contributed by atoms with Crippen molar-refractivity contribution in [1.29, 1.82) is 0 Å². The summed E-state index contributed by atoms with van der Waals surface area (Å²) in [7, 11) is 0. The van der Waals surface area contributed by atoms with Gasteiger partial charge in [0.05, 0.1) is 5.54 Å². The first kappa shape index (κ1) is 18.2. The molecule has 1 fully saturated rings. The summed E-state index contributed by atoms with van der Waals surface area (Å²) >= 11 is 0. The standard InChI is InChI=1S/C22H25NO3/c1-16(24)26-19-14-15-23(22(2,3)18-12-8-5-9-13-18)21(25)20(19)17-10-6-4-7-11-17/h4-13,19-20H,14-15H2,1-3H3. The molecule has 2 aromatic rings. The molecule has 0 saturated carbocycles. The molecule has 4 heteroatoms. The molecule has 2 atom stereocenters. The lowest BCUT2D eigenvalue weighted by molar-refractivity contribution is -0.159. The van der Waals surface area contributed by atoms with Gasteiger partial charge in [-0.3, -0.25) is 9.59 Å². The molecule has 0 aromatic heterocycles. The van der Waals surface area contributed by atoms with Crippen molar-refractivity contribution in [3.05, 3.63) is 71.8 Å². The summed E-state index contributed by atoms with van der Waals surface area (Å²) in [5.74, 6) is -0.820. The van der Waals surface area contributed by atoms with Crippen molar-refractivity contribution < 1.29 is 14.3 Å². The number of rotatable bonds is 4. The van der Waals surface area contributed by atoms with Crippen molar-refractivity contribution in [3.63, 3.8) is 0 Å². The summed E-state index contributed by atoms with van der Waals surface area (Å²) in [5, 5.41) is 0. The van der Waals surface area contributed by atoms with Gasteiger partial charge in [0.15, 0.2) is 0 Å². The Hall–Kier alpha value is -2.62. The van der Waals surface area contributed by atoms with Crippen molar-refractivity contribution in [2.24, 2.45) is 0 Å². The third kappa shape index (κ3) is 3.50. The van der Waals surface area contributed by atoms with Gasteiger partial charge in [0.25, 0.3) is 0 Å².